The van der Waals surface area contributed by atoms with E-state index in [1.807, 2.05) is 12.1 Å². The summed E-state index contributed by atoms with van der Waals surface area (Å²) < 4.78 is 32.1. The van der Waals surface area contributed by atoms with Gasteiger partial charge in [0.1, 0.15) is 12.1 Å². The number of nitrogens with zero attached hydrogens (tertiary/aromatic N) is 3. The number of hydrogen-bond donors (Lipinski definition) is 1. The van der Waals surface area contributed by atoms with Crippen molar-refractivity contribution in [1.29, 1.82) is 0 Å². The molecule has 0 amide bonds. The topological polar surface area (TPSA) is 68.7 Å². The lowest BCUT2D eigenvalue weighted by Gasteiger charge is -2.34. The molecule has 2 fully saturated rings. The third kappa shape index (κ3) is 5.15. The minimum Gasteiger partial charge on any atom is -0.493 e. The van der Waals surface area contributed by atoms with Gasteiger partial charge in [-0.25, -0.2) is 14.4 Å². The molecule has 1 aliphatic carbocycles. The van der Waals surface area contributed by atoms with Crippen LogP contribution in [0.3, 0.4) is 0 Å². The van der Waals surface area contributed by atoms with Crippen LogP contribution in [0.2, 0.25) is 5.02 Å². The number of likely N-dealkylation sites (tertiary alicyclic amines) is 1. The summed E-state index contributed by atoms with van der Waals surface area (Å²) >= 11 is 5.94. The maximum atomic E-state index is 14.5. The number of hydrogen-bond acceptors (Lipinski definition) is 7. The summed E-state index contributed by atoms with van der Waals surface area (Å²) in [6.07, 6.45) is 7.15. The monoisotopic (exact) mass is 500 g/mol. The SMILES string of the molecule is COc1cc2ncnc(Nc3cccc(Cl)c3F)c2cc1O[C@H]1CC[C@H](N2CC[C@H](OC)C2)CC1. The van der Waals surface area contributed by atoms with Crippen LogP contribution in [0.5, 0.6) is 11.5 Å². The Bertz CT molecular complexity index is 1190. The summed E-state index contributed by atoms with van der Waals surface area (Å²) in [5, 5.41) is 3.80. The standard InChI is InChI=1S/C26H30ClFN4O3/c1-33-18-10-11-32(14-18)16-6-8-17(9-7-16)35-24-12-19-22(13-23(24)34-2)29-15-30-26(19)31-21-5-3-4-20(27)25(21)28/h3-5,12-13,15-18H,6-11,14H2,1-2H3,(H,29,30,31)/t16-,17-,18-/m0/s1. The van der Waals surface area contributed by atoms with Crippen LogP contribution in [0.15, 0.2) is 36.7 Å². The van der Waals surface area contributed by atoms with Crippen LogP contribution in [0, 0.1) is 5.82 Å². The molecule has 0 bridgehead atoms. The molecule has 1 aliphatic heterocycles. The Morgan fingerprint density at radius 1 is 1.03 bits per heavy atom. The molecule has 1 saturated carbocycles. The quantitative estimate of drug-likeness (QED) is 0.453. The summed E-state index contributed by atoms with van der Waals surface area (Å²) in [5.74, 6) is 1.18. The van der Waals surface area contributed by atoms with Gasteiger partial charge in [0, 0.05) is 37.7 Å². The molecule has 1 saturated heterocycles. The highest BCUT2D eigenvalue weighted by atomic mass is 35.5. The molecule has 2 heterocycles. The van der Waals surface area contributed by atoms with Crippen molar-refractivity contribution in [1.82, 2.24) is 14.9 Å². The lowest BCUT2D eigenvalue weighted by Crippen LogP contribution is -2.39. The molecule has 3 aromatic rings. The number of halogens is 2. The predicted octanol–water partition coefficient (Wildman–Crippen LogP) is 5.59. The van der Waals surface area contributed by atoms with Gasteiger partial charge in [0.25, 0.3) is 0 Å². The Hall–Kier alpha value is -2.68. The first-order chi connectivity index (χ1) is 17.1. The van der Waals surface area contributed by atoms with Crippen molar-refractivity contribution in [3.63, 3.8) is 0 Å². The fraction of sp³-hybridized carbons (Fsp3) is 0.462. The Labute approximate surface area is 209 Å². The van der Waals surface area contributed by atoms with E-state index in [2.05, 4.69) is 20.2 Å². The average Bonchev–Trinajstić information content (AvgIpc) is 3.37. The highest BCUT2D eigenvalue weighted by Crippen LogP contribution is 2.38. The van der Waals surface area contributed by atoms with Crippen molar-refractivity contribution < 1.29 is 18.6 Å². The number of rotatable bonds is 7. The Kier molecular flexibility index (Phi) is 7.22. The number of fused-ring (bicyclic) bond motifs is 1. The lowest BCUT2D eigenvalue weighted by atomic mass is 9.92. The Morgan fingerprint density at radius 2 is 1.86 bits per heavy atom. The first kappa shape index (κ1) is 24.0. The van der Waals surface area contributed by atoms with Gasteiger partial charge in [-0.05, 0) is 50.3 Å². The van der Waals surface area contributed by atoms with Crippen LogP contribution in [-0.2, 0) is 4.74 Å². The maximum absolute atomic E-state index is 14.5. The number of methoxy groups -OCH3 is 2. The van der Waals surface area contributed by atoms with Gasteiger partial charge in [-0.2, -0.15) is 0 Å². The summed E-state index contributed by atoms with van der Waals surface area (Å²) in [7, 11) is 3.42. The second-order valence-corrected chi connectivity index (χ2v) is 9.57. The van der Waals surface area contributed by atoms with Crippen LogP contribution in [-0.4, -0.2) is 60.4 Å². The van der Waals surface area contributed by atoms with E-state index < -0.39 is 5.82 Å². The predicted molar refractivity (Wildman–Crippen MR) is 134 cm³/mol. The fourth-order valence-electron chi connectivity index (χ4n) is 5.13. The van der Waals surface area contributed by atoms with Crippen molar-refractivity contribution in [2.75, 3.05) is 32.6 Å². The number of benzene rings is 2. The van der Waals surface area contributed by atoms with E-state index in [9.17, 15) is 4.39 Å². The molecule has 0 radical (unpaired) electrons. The molecule has 1 N–H and O–H groups in total. The highest BCUT2D eigenvalue weighted by Gasteiger charge is 2.32. The summed E-state index contributed by atoms with van der Waals surface area (Å²) in [5.41, 5.74) is 0.909. The minimum absolute atomic E-state index is 0.0429. The van der Waals surface area contributed by atoms with E-state index in [4.69, 9.17) is 25.8 Å². The molecule has 9 heteroatoms. The van der Waals surface area contributed by atoms with Crippen LogP contribution in [0.25, 0.3) is 10.9 Å². The van der Waals surface area contributed by atoms with Gasteiger partial charge in [-0.15, -0.1) is 0 Å². The van der Waals surface area contributed by atoms with E-state index in [0.29, 0.717) is 40.4 Å². The second-order valence-electron chi connectivity index (χ2n) is 9.16. The van der Waals surface area contributed by atoms with Crippen molar-refractivity contribution in [2.24, 2.45) is 0 Å². The zero-order valence-corrected chi connectivity index (χ0v) is 20.7. The van der Waals surface area contributed by atoms with E-state index >= 15 is 0 Å². The largest absolute Gasteiger partial charge is 0.493 e. The third-order valence-electron chi connectivity index (χ3n) is 7.09. The van der Waals surface area contributed by atoms with E-state index in [-0.39, 0.29) is 16.8 Å². The van der Waals surface area contributed by atoms with Crippen LogP contribution >= 0.6 is 11.6 Å². The van der Waals surface area contributed by atoms with Gasteiger partial charge >= 0.3 is 0 Å². The number of anilines is 2. The first-order valence-corrected chi connectivity index (χ1v) is 12.4. The Morgan fingerprint density at radius 3 is 2.60 bits per heavy atom. The van der Waals surface area contributed by atoms with Crippen molar-refractivity contribution in [3.05, 3.63) is 47.5 Å². The Balaban J connectivity index is 1.33. The lowest BCUT2D eigenvalue weighted by molar-refractivity contribution is 0.0752. The van der Waals surface area contributed by atoms with Gasteiger partial charge in [0.2, 0.25) is 0 Å². The van der Waals surface area contributed by atoms with E-state index in [0.717, 1.165) is 45.2 Å². The molecule has 7 nitrogen and oxygen atoms in total. The highest BCUT2D eigenvalue weighted by molar-refractivity contribution is 6.31. The van der Waals surface area contributed by atoms with Gasteiger partial charge in [0.05, 0.1) is 35.5 Å². The smallest absolute Gasteiger partial charge is 0.165 e. The molecule has 1 aromatic heterocycles. The number of nitrogens with one attached hydrogen (secondary N) is 1. The van der Waals surface area contributed by atoms with Gasteiger partial charge in [0.15, 0.2) is 17.3 Å². The third-order valence-corrected chi connectivity index (χ3v) is 7.38. The summed E-state index contributed by atoms with van der Waals surface area (Å²) in [6, 6.07) is 9.09. The molecule has 2 aromatic carbocycles. The zero-order chi connectivity index (χ0) is 24.4. The van der Waals surface area contributed by atoms with E-state index in [1.165, 1.54) is 12.4 Å². The maximum Gasteiger partial charge on any atom is 0.165 e. The zero-order valence-electron chi connectivity index (χ0n) is 20.0. The van der Waals surface area contributed by atoms with Gasteiger partial charge in [-0.1, -0.05) is 17.7 Å². The molecule has 5 rings (SSSR count). The van der Waals surface area contributed by atoms with Crippen LogP contribution < -0.4 is 14.8 Å². The average molecular weight is 501 g/mol. The van der Waals surface area contributed by atoms with Gasteiger partial charge in [-0.3, -0.25) is 4.90 Å². The molecular weight excluding hydrogens is 471 g/mol. The van der Waals surface area contributed by atoms with E-state index in [1.54, 1.807) is 26.4 Å². The van der Waals surface area contributed by atoms with Crippen LogP contribution in [0.1, 0.15) is 32.1 Å². The van der Waals surface area contributed by atoms with Crippen molar-refractivity contribution in [3.8, 4) is 11.5 Å². The molecule has 0 unspecified atom stereocenters. The minimum atomic E-state index is -0.530. The van der Waals surface area contributed by atoms with Crippen LogP contribution in [0.4, 0.5) is 15.9 Å². The number of ether oxygens (including phenoxy) is 3. The molecular formula is C26H30ClFN4O3. The normalized spacial score (nSPS) is 22.9. The van der Waals surface area contributed by atoms with Crippen molar-refractivity contribution >= 4 is 34.0 Å². The first-order valence-electron chi connectivity index (χ1n) is 12.0. The molecule has 0 spiro atoms. The fourth-order valence-corrected chi connectivity index (χ4v) is 5.30. The molecule has 35 heavy (non-hydrogen) atoms. The van der Waals surface area contributed by atoms with Crippen molar-refractivity contribution in [2.45, 2.75) is 50.4 Å². The van der Waals surface area contributed by atoms with Gasteiger partial charge < -0.3 is 19.5 Å². The molecule has 1 atom stereocenters. The summed E-state index contributed by atoms with van der Waals surface area (Å²) in [4.78, 5) is 11.3. The molecule has 186 valence electrons. The molecule has 2 aliphatic rings. The summed E-state index contributed by atoms with van der Waals surface area (Å²) in [6.45, 7) is 2.13. The second kappa shape index (κ2) is 10.5. The number of aromatic nitrogens is 2.